The highest BCUT2D eigenvalue weighted by atomic mass is 19.1. The van der Waals surface area contributed by atoms with Crippen molar-refractivity contribution in [3.05, 3.63) is 71.9 Å². The van der Waals surface area contributed by atoms with Gasteiger partial charge in [0.05, 0.1) is 11.3 Å². The molecule has 0 spiro atoms. The molecule has 0 bridgehead atoms. The minimum atomic E-state index is -0.421. The van der Waals surface area contributed by atoms with Crippen LogP contribution in [-0.2, 0) is 4.79 Å². The predicted molar refractivity (Wildman–Crippen MR) is 94.4 cm³/mol. The standard InChI is InChI=1S/C19H15F2N3O/c20-12-3-5-17-14(9-12)15(19(25)23-17)11-22-13-4-6-18(16(21)10-13)24-7-1-2-8-24/h1-6,9-11,22H,7-8H2,(H,23,25)/b15-11+. The second kappa shape index (κ2) is 6.05. The molecule has 25 heavy (non-hydrogen) atoms. The van der Waals surface area contributed by atoms with E-state index in [4.69, 9.17) is 0 Å². The molecule has 2 aliphatic rings. The number of rotatable bonds is 3. The fraction of sp³-hybridized carbons (Fsp3) is 0.105. The van der Waals surface area contributed by atoms with E-state index >= 15 is 0 Å². The number of nitrogens with one attached hydrogen (secondary N) is 2. The minimum absolute atomic E-state index is 0.308. The van der Waals surface area contributed by atoms with Crippen LogP contribution in [0.2, 0.25) is 0 Å². The van der Waals surface area contributed by atoms with Crippen LogP contribution >= 0.6 is 0 Å². The van der Waals surface area contributed by atoms with Gasteiger partial charge < -0.3 is 15.5 Å². The Bertz CT molecular complexity index is 913. The maximum absolute atomic E-state index is 14.3. The van der Waals surface area contributed by atoms with E-state index in [9.17, 15) is 13.6 Å². The lowest BCUT2D eigenvalue weighted by atomic mass is 10.1. The minimum Gasteiger partial charge on any atom is -0.362 e. The summed E-state index contributed by atoms with van der Waals surface area (Å²) in [5, 5.41) is 5.58. The van der Waals surface area contributed by atoms with E-state index in [1.165, 1.54) is 30.5 Å². The Labute approximate surface area is 143 Å². The molecule has 0 aliphatic carbocycles. The molecule has 0 saturated carbocycles. The third kappa shape index (κ3) is 2.87. The van der Waals surface area contributed by atoms with E-state index in [2.05, 4.69) is 10.6 Å². The molecule has 4 nitrogen and oxygen atoms in total. The quantitative estimate of drug-likeness (QED) is 0.661. The van der Waals surface area contributed by atoms with Crippen molar-refractivity contribution >= 4 is 28.5 Å². The van der Waals surface area contributed by atoms with Gasteiger partial charge in [0.1, 0.15) is 11.6 Å². The molecule has 0 fully saturated rings. The summed E-state index contributed by atoms with van der Waals surface area (Å²) in [5.74, 6) is -1.08. The number of hydrogen-bond acceptors (Lipinski definition) is 3. The number of benzene rings is 2. The Morgan fingerprint density at radius 1 is 1.08 bits per heavy atom. The zero-order valence-corrected chi connectivity index (χ0v) is 13.2. The lowest BCUT2D eigenvalue weighted by molar-refractivity contribution is -0.110. The molecule has 1 amide bonds. The molecule has 2 aromatic rings. The molecule has 0 atom stereocenters. The van der Waals surface area contributed by atoms with Crippen molar-refractivity contribution in [3.8, 4) is 0 Å². The van der Waals surface area contributed by atoms with E-state index < -0.39 is 5.82 Å². The van der Waals surface area contributed by atoms with E-state index in [0.717, 1.165) is 0 Å². The van der Waals surface area contributed by atoms with Gasteiger partial charge in [0.15, 0.2) is 0 Å². The van der Waals surface area contributed by atoms with Gasteiger partial charge in [0, 0.05) is 36.2 Å². The van der Waals surface area contributed by atoms with Crippen molar-refractivity contribution < 1.29 is 13.6 Å². The molecule has 6 heteroatoms. The van der Waals surface area contributed by atoms with Crippen LogP contribution in [-0.4, -0.2) is 19.0 Å². The smallest absolute Gasteiger partial charge is 0.257 e. The normalized spacial score (nSPS) is 17.1. The molecule has 0 aromatic heterocycles. The summed E-state index contributed by atoms with van der Waals surface area (Å²) in [5.41, 5.74) is 2.40. The van der Waals surface area contributed by atoms with Crippen LogP contribution in [0.4, 0.5) is 25.8 Å². The SMILES string of the molecule is O=C1Nc2ccc(F)cc2/C1=C\Nc1ccc(N2CC=CC2)c(F)c1. The molecule has 4 rings (SSSR count). The summed E-state index contributed by atoms with van der Waals surface area (Å²) in [7, 11) is 0. The average Bonchev–Trinajstić information content (AvgIpc) is 3.21. The number of carbonyl (C=O) groups excluding carboxylic acids is 1. The summed E-state index contributed by atoms with van der Waals surface area (Å²) in [6.45, 7) is 1.38. The van der Waals surface area contributed by atoms with Gasteiger partial charge in [-0.2, -0.15) is 0 Å². The van der Waals surface area contributed by atoms with Gasteiger partial charge in [-0.3, -0.25) is 4.79 Å². The topological polar surface area (TPSA) is 44.4 Å². The van der Waals surface area contributed by atoms with Crippen LogP contribution in [0, 0.1) is 11.6 Å². The number of nitrogens with zero attached hydrogens (tertiary/aromatic N) is 1. The summed E-state index contributed by atoms with van der Waals surface area (Å²) in [6, 6.07) is 8.92. The number of hydrogen-bond donors (Lipinski definition) is 2. The van der Waals surface area contributed by atoms with E-state index in [1.54, 1.807) is 12.1 Å². The summed E-state index contributed by atoms with van der Waals surface area (Å²) < 4.78 is 27.7. The van der Waals surface area contributed by atoms with Gasteiger partial charge in [0.2, 0.25) is 0 Å². The first kappa shape index (κ1) is 15.4. The maximum Gasteiger partial charge on any atom is 0.257 e. The second-order valence-electron chi connectivity index (χ2n) is 5.89. The monoisotopic (exact) mass is 339 g/mol. The second-order valence-corrected chi connectivity index (χ2v) is 5.89. The van der Waals surface area contributed by atoms with Crippen molar-refractivity contribution in [2.75, 3.05) is 28.6 Å². The first-order chi connectivity index (χ1) is 12.1. The largest absolute Gasteiger partial charge is 0.362 e. The highest BCUT2D eigenvalue weighted by Crippen LogP contribution is 2.32. The van der Waals surface area contributed by atoms with Crippen LogP contribution in [0.1, 0.15) is 5.56 Å². The fourth-order valence-electron chi connectivity index (χ4n) is 2.99. The Hall–Kier alpha value is -3.15. The third-order valence-corrected chi connectivity index (χ3v) is 4.25. The Morgan fingerprint density at radius 2 is 1.88 bits per heavy atom. The number of amides is 1. The zero-order valence-electron chi connectivity index (χ0n) is 13.2. The highest BCUT2D eigenvalue weighted by molar-refractivity contribution is 6.31. The third-order valence-electron chi connectivity index (χ3n) is 4.25. The lowest BCUT2D eigenvalue weighted by Gasteiger charge is -2.18. The lowest BCUT2D eigenvalue weighted by Crippen LogP contribution is -2.19. The molecular formula is C19H15F2N3O. The van der Waals surface area contributed by atoms with Crippen LogP contribution < -0.4 is 15.5 Å². The van der Waals surface area contributed by atoms with E-state index in [0.29, 0.717) is 41.3 Å². The fourth-order valence-corrected chi connectivity index (χ4v) is 2.99. The van der Waals surface area contributed by atoms with Gasteiger partial charge in [-0.1, -0.05) is 12.2 Å². The zero-order chi connectivity index (χ0) is 17.4. The van der Waals surface area contributed by atoms with Crippen molar-refractivity contribution in [1.29, 1.82) is 0 Å². The van der Waals surface area contributed by atoms with Crippen molar-refractivity contribution in [2.45, 2.75) is 0 Å². The molecule has 126 valence electrons. The highest BCUT2D eigenvalue weighted by Gasteiger charge is 2.24. The van der Waals surface area contributed by atoms with Gasteiger partial charge in [-0.15, -0.1) is 0 Å². The van der Waals surface area contributed by atoms with Crippen molar-refractivity contribution in [2.24, 2.45) is 0 Å². The van der Waals surface area contributed by atoms with Crippen LogP contribution in [0.25, 0.3) is 5.57 Å². The number of fused-ring (bicyclic) bond motifs is 1. The predicted octanol–water partition coefficient (Wildman–Crippen LogP) is 3.75. The molecule has 2 N–H and O–H groups in total. The first-order valence-corrected chi connectivity index (χ1v) is 7.89. The molecule has 2 aliphatic heterocycles. The van der Waals surface area contributed by atoms with Crippen molar-refractivity contribution in [3.63, 3.8) is 0 Å². The van der Waals surface area contributed by atoms with Gasteiger partial charge in [-0.05, 0) is 36.4 Å². The van der Waals surface area contributed by atoms with Crippen LogP contribution in [0.3, 0.4) is 0 Å². The van der Waals surface area contributed by atoms with Gasteiger partial charge in [0.25, 0.3) is 5.91 Å². The van der Waals surface area contributed by atoms with E-state index in [1.807, 2.05) is 17.1 Å². The van der Waals surface area contributed by atoms with Gasteiger partial charge >= 0.3 is 0 Å². The number of carbonyl (C=O) groups is 1. The number of anilines is 3. The maximum atomic E-state index is 14.3. The molecule has 2 heterocycles. The van der Waals surface area contributed by atoms with Crippen molar-refractivity contribution in [1.82, 2.24) is 0 Å². The molecule has 0 radical (unpaired) electrons. The first-order valence-electron chi connectivity index (χ1n) is 7.89. The average molecular weight is 339 g/mol. The molecular weight excluding hydrogens is 324 g/mol. The Morgan fingerprint density at radius 3 is 2.64 bits per heavy atom. The summed E-state index contributed by atoms with van der Waals surface area (Å²) in [4.78, 5) is 13.9. The van der Waals surface area contributed by atoms with Crippen LogP contribution in [0.15, 0.2) is 54.8 Å². The summed E-state index contributed by atoms with van der Waals surface area (Å²) in [6.07, 6.45) is 5.45. The number of halogens is 2. The Balaban J connectivity index is 1.57. The molecule has 0 saturated heterocycles. The molecule has 2 aromatic carbocycles. The van der Waals surface area contributed by atoms with Gasteiger partial charge in [-0.25, -0.2) is 8.78 Å². The molecule has 0 unspecified atom stereocenters. The summed E-state index contributed by atoms with van der Waals surface area (Å²) >= 11 is 0. The van der Waals surface area contributed by atoms with E-state index in [-0.39, 0.29) is 11.7 Å². The van der Waals surface area contributed by atoms with Crippen LogP contribution in [0.5, 0.6) is 0 Å². The Kier molecular flexibility index (Phi) is 3.72.